The number of aliphatic hydroxyl groups excluding tert-OH is 3. The molecule has 0 aliphatic rings. The quantitative estimate of drug-likeness (QED) is 0.422. The average molecular weight is 441 g/mol. The Morgan fingerprint density at radius 3 is 2.13 bits per heavy atom. The van der Waals surface area contributed by atoms with Gasteiger partial charge in [-0.25, -0.2) is 0 Å². The predicted molar refractivity (Wildman–Crippen MR) is 118 cm³/mol. The molecule has 0 saturated heterocycles. The minimum Gasteiger partial charge on any atom is -0.494 e. The van der Waals surface area contributed by atoms with E-state index in [0.29, 0.717) is 23.6 Å². The van der Waals surface area contributed by atoms with E-state index in [1.165, 1.54) is 6.92 Å². The molecular formula is C23H33ClO6. The van der Waals surface area contributed by atoms with Gasteiger partial charge in [-0.05, 0) is 55.2 Å². The van der Waals surface area contributed by atoms with Crippen LogP contribution in [0.4, 0.5) is 0 Å². The molecule has 0 saturated carbocycles. The first-order valence-corrected chi connectivity index (χ1v) is 10.5. The fourth-order valence-corrected chi connectivity index (χ4v) is 3.00. The molecule has 168 valence electrons. The summed E-state index contributed by atoms with van der Waals surface area (Å²) in [6.07, 6.45) is -4.35. The Kier molecular flexibility index (Phi) is 11.9. The van der Waals surface area contributed by atoms with E-state index in [-0.39, 0.29) is 0 Å². The molecule has 0 aliphatic heterocycles. The maximum atomic E-state index is 9.74. The summed E-state index contributed by atoms with van der Waals surface area (Å²) in [6, 6.07) is 12.7. The lowest BCUT2D eigenvalue weighted by Gasteiger charge is -2.27. The first kappa shape index (κ1) is 26.4. The number of benzene rings is 2. The predicted octanol–water partition coefficient (Wildman–Crippen LogP) is 3.47. The minimum absolute atomic E-state index is 0.451. The summed E-state index contributed by atoms with van der Waals surface area (Å²) in [5, 5.41) is 39.0. The molecule has 3 unspecified atom stereocenters. The van der Waals surface area contributed by atoms with Gasteiger partial charge in [-0.15, -0.1) is 0 Å². The molecule has 0 fully saturated rings. The van der Waals surface area contributed by atoms with Crippen molar-refractivity contribution in [2.24, 2.45) is 0 Å². The lowest BCUT2D eigenvalue weighted by molar-refractivity contribution is -0.188. The summed E-state index contributed by atoms with van der Waals surface area (Å²) in [7, 11) is 0. The third-order valence-corrected chi connectivity index (χ3v) is 4.71. The monoisotopic (exact) mass is 440 g/mol. The molecular weight excluding hydrogens is 408 g/mol. The fourth-order valence-electron chi connectivity index (χ4n) is 2.82. The highest BCUT2D eigenvalue weighted by Crippen LogP contribution is 2.29. The zero-order valence-electron chi connectivity index (χ0n) is 18.0. The van der Waals surface area contributed by atoms with Crippen molar-refractivity contribution in [3.8, 4) is 5.75 Å². The van der Waals surface area contributed by atoms with Crippen molar-refractivity contribution in [2.45, 2.75) is 58.7 Å². The minimum atomic E-state index is -1.83. The number of halogens is 1. The molecule has 0 amide bonds. The van der Waals surface area contributed by atoms with Gasteiger partial charge in [0.1, 0.15) is 18.0 Å². The number of rotatable bonds is 10. The van der Waals surface area contributed by atoms with E-state index < -0.39 is 31.2 Å². The lowest BCUT2D eigenvalue weighted by Crippen LogP contribution is -2.35. The van der Waals surface area contributed by atoms with Gasteiger partial charge in [0.2, 0.25) is 0 Å². The normalized spacial score (nSPS) is 13.9. The van der Waals surface area contributed by atoms with Gasteiger partial charge in [-0.2, -0.15) is 0 Å². The largest absolute Gasteiger partial charge is 0.494 e. The van der Waals surface area contributed by atoms with Crippen LogP contribution in [-0.4, -0.2) is 52.1 Å². The molecule has 0 aliphatic carbocycles. The summed E-state index contributed by atoms with van der Waals surface area (Å²) in [6.45, 7) is 7.53. The molecule has 30 heavy (non-hydrogen) atoms. The van der Waals surface area contributed by atoms with Gasteiger partial charge < -0.3 is 29.9 Å². The smallest absolute Gasteiger partial charge is 0.182 e. The van der Waals surface area contributed by atoms with Crippen molar-refractivity contribution in [3.63, 3.8) is 0 Å². The van der Waals surface area contributed by atoms with Crippen LogP contribution < -0.4 is 4.74 Å². The third-order valence-electron chi connectivity index (χ3n) is 4.34. The van der Waals surface area contributed by atoms with Crippen molar-refractivity contribution in [1.82, 2.24) is 0 Å². The molecule has 0 bridgehead atoms. The highest BCUT2D eigenvalue weighted by atomic mass is 35.5. The summed E-state index contributed by atoms with van der Waals surface area (Å²) in [4.78, 5) is 0. The van der Waals surface area contributed by atoms with Gasteiger partial charge >= 0.3 is 0 Å². The van der Waals surface area contributed by atoms with Crippen molar-refractivity contribution < 1.29 is 29.9 Å². The first-order chi connectivity index (χ1) is 14.3. The molecule has 0 heterocycles. The lowest BCUT2D eigenvalue weighted by atomic mass is 10.00. The van der Waals surface area contributed by atoms with E-state index in [0.717, 1.165) is 16.9 Å². The molecule has 0 spiro atoms. The first-order valence-electron chi connectivity index (χ1n) is 10.2. The van der Waals surface area contributed by atoms with Crippen molar-refractivity contribution in [3.05, 3.63) is 64.2 Å². The molecule has 3 atom stereocenters. The number of ether oxygens (including phenoxy) is 2. The van der Waals surface area contributed by atoms with Gasteiger partial charge in [0.15, 0.2) is 6.29 Å². The van der Waals surface area contributed by atoms with E-state index >= 15 is 0 Å². The van der Waals surface area contributed by atoms with Gasteiger partial charge in [0.25, 0.3) is 0 Å². The molecule has 0 radical (unpaired) electrons. The molecule has 0 aromatic heterocycles. The Bertz CT molecular complexity index is 733. The Balaban J connectivity index is 0.00000218. The van der Waals surface area contributed by atoms with Crippen LogP contribution in [0.15, 0.2) is 42.5 Å². The van der Waals surface area contributed by atoms with Crippen LogP contribution in [0.2, 0.25) is 5.02 Å². The van der Waals surface area contributed by atoms with Crippen LogP contribution in [-0.2, 0) is 11.2 Å². The second-order valence-corrected chi connectivity index (χ2v) is 6.94. The van der Waals surface area contributed by atoms with E-state index in [2.05, 4.69) is 0 Å². The van der Waals surface area contributed by atoms with Gasteiger partial charge in [0.05, 0.1) is 19.3 Å². The molecule has 4 N–H and O–H groups in total. The van der Waals surface area contributed by atoms with Crippen molar-refractivity contribution >= 4 is 11.6 Å². The zero-order valence-corrected chi connectivity index (χ0v) is 18.7. The van der Waals surface area contributed by atoms with Crippen LogP contribution >= 0.6 is 11.6 Å². The number of hydrogen-bond donors (Lipinski definition) is 4. The zero-order chi connectivity index (χ0) is 22.7. The molecule has 2 rings (SSSR count). The second-order valence-electron chi connectivity index (χ2n) is 6.54. The van der Waals surface area contributed by atoms with Crippen LogP contribution in [0, 0.1) is 0 Å². The van der Waals surface area contributed by atoms with E-state index in [4.69, 9.17) is 21.1 Å². The SMILES string of the molecule is CC.CCOc1ccc(Cc2cc(C(OC(CO)C(C)O)C(O)O)ccc2Cl)cc1. The van der Waals surface area contributed by atoms with Crippen LogP contribution in [0.1, 0.15) is 50.5 Å². The van der Waals surface area contributed by atoms with Crippen LogP contribution in [0.5, 0.6) is 5.75 Å². The van der Waals surface area contributed by atoms with E-state index in [1.807, 2.05) is 45.0 Å². The number of aliphatic hydroxyl groups is 4. The highest BCUT2D eigenvalue weighted by molar-refractivity contribution is 6.31. The maximum absolute atomic E-state index is 9.74. The van der Waals surface area contributed by atoms with Gasteiger partial charge in [-0.1, -0.05) is 49.7 Å². The maximum Gasteiger partial charge on any atom is 0.182 e. The standard InChI is InChI=1S/C21H27ClO6.C2H6/c1-3-27-17-7-4-14(5-8-17)10-16-11-15(6-9-18(16)22)20(21(25)26)28-19(12-23)13(2)24;1-2/h4-9,11,13,19-21,23-26H,3,10,12H2,1-2H3;1-2H3. The summed E-state index contributed by atoms with van der Waals surface area (Å²) >= 11 is 6.32. The second kappa shape index (κ2) is 13.6. The average Bonchev–Trinajstić information content (AvgIpc) is 2.73. The van der Waals surface area contributed by atoms with Crippen molar-refractivity contribution in [1.29, 1.82) is 0 Å². The van der Waals surface area contributed by atoms with Crippen LogP contribution in [0.25, 0.3) is 0 Å². The Labute approximate surface area is 183 Å². The molecule has 6 nitrogen and oxygen atoms in total. The topological polar surface area (TPSA) is 99.4 Å². The van der Waals surface area contributed by atoms with E-state index in [9.17, 15) is 20.4 Å². The molecule has 7 heteroatoms. The van der Waals surface area contributed by atoms with Gasteiger partial charge in [-0.3, -0.25) is 0 Å². The Morgan fingerprint density at radius 2 is 1.63 bits per heavy atom. The summed E-state index contributed by atoms with van der Waals surface area (Å²) < 4.78 is 11.0. The van der Waals surface area contributed by atoms with E-state index in [1.54, 1.807) is 18.2 Å². The third kappa shape index (κ3) is 7.87. The number of hydrogen-bond acceptors (Lipinski definition) is 6. The Morgan fingerprint density at radius 1 is 1.00 bits per heavy atom. The molecule has 2 aromatic rings. The summed E-state index contributed by atoms with van der Waals surface area (Å²) in [5.41, 5.74) is 2.29. The molecule has 2 aromatic carbocycles. The fraction of sp³-hybridized carbons (Fsp3) is 0.478. The van der Waals surface area contributed by atoms with Crippen molar-refractivity contribution in [2.75, 3.05) is 13.2 Å². The summed E-state index contributed by atoms with van der Waals surface area (Å²) in [5.74, 6) is 0.788. The highest BCUT2D eigenvalue weighted by Gasteiger charge is 2.27. The van der Waals surface area contributed by atoms with Crippen LogP contribution in [0.3, 0.4) is 0 Å². The van der Waals surface area contributed by atoms with Gasteiger partial charge in [0, 0.05) is 5.02 Å². The Hall–Kier alpha value is -1.67.